The Morgan fingerprint density at radius 2 is 1.68 bits per heavy atom. The second-order valence-corrected chi connectivity index (χ2v) is 9.04. The quantitative estimate of drug-likeness (QED) is 0.399. The summed E-state index contributed by atoms with van der Waals surface area (Å²) in [6.07, 6.45) is 0.892. The molecule has 1 aliphatic rings. The first kappa shape index (κ1) is 20.7. The van der Waals surface area contributed by atoms with Crippen LogP contribution in [0, 0.1) is 12.8 Å². The van der Waals surface area contributed by atoms with Crippen molar-refractivity contribution in [2.75, 3.05) is 13.2 Å². The van der Waals surface area contributed by atoms with Gasteiger partial charge in [0.1, 0.15) is 29.9 Å². The minimum absolute atomic E-state index is 0.0889. The van der Waals surface area contributed by atoms with Gasteiger partial charge in [-0.1, -0.05) is 26.0 Å². The third-order valence-corrected chi connectivity index (χ3v) is 6.27. The van der Waals surface area contributed by atoms with E-state index < -0.39 is 0 Å². The van der Waals surface area contributed by atoms with E-state index in [2.05, 4.69) is 13.8 Å². The summed E-state index contributed by atoms with van der Waals surface area (Å²) in [6, 6.07) is 13.4. The van der Waals surface area contributed by atoms with Gasteiger partial charge in [-0.15, -0.1) is 0 Å². The fraction of sp³-hybridized carbons (Fsp3) is 0.308. The third kappa shape index (κ3) is 3.21. The summed E-state index contributed by atoms with van der Waals surface area (Å²) in [5, 5.41) is 0.484. The van der Waals surface area contributed by atoms with Crippen molar-refractivity contribution < 1.29 is 9.47 Å². The van der Waals surface area contributed by atoms with E-state index in [-0.39, 0.29) is 5.56 Å². The fourth-order valence-corrected chi connectivity index (χ4v) is 4.50. The summed E-state index contributed by atoms with van der Waals surface area (Å²) >= 11 is 0. The molecule has 4 heterocycles. The number of nitrogens with zero attached hydrogens (tertiary/aromatic N) is 5. The number of fused-ring (bicyclic) bond motifs is 5. The number of aromatic nitrogens is 5. The number of aryl methyl sites for hydroxylation is 1. The van der Waals surface area contributed by atoms with Gasteiger partial charge in [0.25, 0.3) is 5.56 Å². The lowest BCUT2D eigenvalue weighted by Crippen LogP contribution is -2.24. The Bertz CT molecular complexity index is 1630. The molecule has 0 atom stereocenters. The highest BCUT2D eigenvalue weighted by atomic mass is 16.6. The highest BCUT2D eigenvalue weighted by Gasteiger charge is 2.23. The Labute approximate surface area is 195 Å². The molecule has 2 aromatic carbocycles. The molecule has 0 aliphatic carbocycles. The topological polar surface area (TPSA) is 84.1 Å². The lowest BCUT2D eigenvalue weighted by molar-refractivity contribution is 0.171. The zero-order valence-electron chi connectivity index (χ0n) is 19.4. The van der Waals surface area contributed by atoms with Crippen LogP contribution in [-0.2, 0) is 6.54 Å². The van der Waals surface area contributed by atoms with Gasteiger partial charge < -0.3 is 9.47 Å². The van der Waals surface area contributed by atoms with E-state index in [9.17, 15) is 4.79 Å². The van der Waals surface area contributed by atoms with Crippen LogP contribution in [0.5, 0.6) is 11.5 Å². The van der Waals surface area contributed by atoms with E-state index in [4.69, 9.17) is 24.4 Å². The first-order valence-corrected chi connectivity index (χ1v) is 11.6. The van der Waals surface area contributed by atoms with Gasteiger partial charge in [-0.25, -0.2) is 15.0 Å². The molecule has 8 heteroatoms. The molecule has 0 saturated carbocycles. The van der Waals surface area contributed by atoms with Gasteiger partial charge in [-0.3, -0.25) is 13.9 Å². The number of para-hydroxylation sites is 2. The molecule has 3 aromatic heterocycles. The SMILES string of the molecule is Cc1nc2c(c(=O)n1CCC(C)C)c1nc3ccccc3nc1n2-c1ccc2c(c1)OCCO2. The number of hydrogen-bond acceptors (Lipinski definition) is 6. The van der Waals surface area contributed by atoms with Gasteiger partial charge in [0.05, 0.1) is 16.7 Å². The zero-order valence-corrected chi connectivity index (χ0v) is 19.4. The third-order valence-electron chi connectivity index (χ3n) is 6.27. The largest absolute Gasteiger partial charge is 0.486 e. The fourth-order valence-electron chi connectivity index (χ4n) is 4.50. The second-order valence-electron chi connectivity index (χ2n) is 9.04. The van der Waals surface area contributed by atoms with Gasteiger partial charge >= 0.3 is 0 Å². The Balaban J connectivity index is 1.70. The molecule has 0 amide bonds. The maximum Gasteiger partial charge on any atom is 0.265 e. The average Bonchev–Trinajstić information content (AvgIpc) is 3.14. The van der Waals surface area contributed by atoms with Crippen molar-refractivity contribution in [3.63, 3.8) is 0 Å². The van der Waals surface area contributed by atoms with Gasteiger partial charge in [0.2, 0.25) is 0 Å². The predicted octanol–water partition coefficient (Wildman–Crippen LogP) is 4.41. The van der Waals surface area contributed by atoms with Crippen LogP contribution in [0.3, 0.4) is 0 Å². The molecule has 34 heavy (non-hydrogen) atoms. The van der Waals surface area contributed by atoms with Gasteiger partial charge in [0, 0.05) is 12.6 Å². The standard InChI is InChI=1S/C26H25N5O3/c1-15(2)10-11-30-16(3)27-24-22(26(30)32)23-25(29-19-7-5-4-6-18(19)28-23)31(24)17-8-9-20-21(14-17)34-13-12-33-20/h4-9,14-15H,10-13H2,1-3H3. The molecular formula is C26H25N5O3. The van der Waals surface area contributed by atoms with E-state index in [1.54, 1.807) is 4.57 Å². The number of ether oxygens (including phenoxy) is 2. The van der Waals surface area contributed by atoms with Crippen molar-refractivity contribution in [1.82, 2.24) is 24.1 Å². The summed E-state index contributed by atoms with van der Waals surface area (Å²) in [4.78, 5) is 28.5. The van der Waals surface area contributed by atoms with Gasteiger partial charge in [0.15, 0.2) is 22.8 Å². The molecule has 0 fully saturated rings. The lowest BCUT2D eigenvalue weighted by atomic mass is 10.1. The summed E-state index contributed by atoms with van der Waals surface area (Å²) in [5.74, 6) is 2.51. The Morgan fingerprint density at radius 1 is 0.941 bits per heavy atom. The minimum Gasteiger partial charge on any atom is -0.486 e. The molecule has 1 aliphatic heterocycles. The van der Waals surface area contributed by atoms with Crippen LogP contribution in [0.25, 0.3) is 38.9 Å². The summed E-state index contributed by atoms with van der Waals surface area (Å²) in [6.45, 7) is 7.81. The van der Waals surface area contributed by atoms with Crippen LogP contribution in [0.15, 0.2) is 47.3 Å². The molecule has 172 valence electrons. The highest BCUT2D eigenvalue weighted by molar-refractivity contribution is 6.05. The van der Waals surface area contributed by atoms with E-state index in [1.165, 1.54) is 0 Å². The maximum atomic E-state index is 13.8. The average molecular weight is 456 g/mol. The van der Waals surface area contributed by atoms with E-state index in [0.29, 0.717) is 65.2 Å². The van der Waals surface area contributed by atoms with Crippen LogP contribution < -0.4 is 15.0 Å². The summed E-state index contributed by atoms with van der Waals surface area (Å²) in [5.41, 5.74) is 3.90. The van der Waals surface area contributed by atoms with Crippen molar-refractivity contribution in [3.8, 4) is 17.2 Å². The van der Waals surface area contributed by atoms with Crippen molar-refractivity contribution in [2.45, 2.75) is 33.7 Å². The summed E-state index contributed by atoms with van der Waals surface area (Å²) < 4.78 is 15.2. The molecule has 8 nitrogen and oxygen atoms in total. The predicted molar refractivity (Wildman–Crippen MR) is 131 cm³/mol. The van der Waals surface area contributed by atoms with Crippen molar-refractivity contribution in [1.29, 1.82) is 0 Å². The number of hydrogen-bond donors (Lipinski definition) is 0. The van der Waals surface area contributed by atoms with Crippen LogP contribution in [-0.4, -0.2) is 37.3 Å². The van der Waals surface area contributed by atoms with Crippen molar-refractivity contribution in [3.05, 3.63) is 58.6 Å². The molecule has 5 aromatic rings. The van der Waals surface area contributed by atoms with Crippen LogP contribution in [0.4, 0.5) is 0 Å². The monoisotopic (exact) mass is 455 g/mol. The van der Waals surface area contributed by atoms with Gasteiger partial charge in [-0.05, 0) is 43.5 Å². The van der Waals surface area contributed by atoms with Crippen molar-refractivity contribution in [2.24, 2.45) is 5.92 Å². The molecule has 0 radical (unpaired) electrons. The Kier molecular flexibility index (Phi) is 4.76. The number of benzene rings is 2. The molecule has 0 N–H and O–H groups in total. The van der Waals surface area contributed by atoms with Crippen LogP contribution in [0.1, 0.15) is 26.1 Å². The summed E-state index contributed by atoms with van der Waals surface area (Å²) in [7, 11) is 0. The zero-order chi connectivity index (χ0) is 23.4. The Morgan fingerprint density at radius 3 is 2.44 bits per heavy atom. The molecule has 0 spiro atoms. The smallest absolute Gasteiger partial charge is 0.265 e. The minimum atomic E-state index is -0.0889. The van der Waals surface area contributed by atoms with E-state index in [1.807, 2.05) is 54.0 Å². The Hall–Kier alpha value is -3.94. The highest BCUT2D eigenvalue weighted by Crippen LogP contribution is 2.35. The molecular weight excluding hydrogens is 430 g/mol. The number of rotatable bonds is 4. The van der Waals surface area contributed by atoms with E-state index >= 15 is 0 Å². The molecule has 0 bridgehead atoms. The first-order chi connectivity index (χ1) is 16.5. The molecule has 0 saturated heterocycles. The first-order valence-electron chi connectivity index (χ1n) is 11.6. The molecule has 0 unspecified atom stereocenters. The maximum absolute atomic E-state index is 13.8. The van der Waals surface area contributed by atoms with Crippen LogP contribution in [0.2, 0.25) is 0 Å². The second kappa shape index (κ2) is 7.83. The lowest BCUT2D eigenvalue weighted by Gasteiger charge is -2.19. The molecule has 6 rings (SSSR count). The van der Waals surface area contributed by atoms with Crippen LogP contribution >= 0.6 is 0 Å². The van der Waals surface area contributed by atoms with E-state index in [0.717, 1.165) is 23.1 Å². The van der Waals surface area contributed by atoms with Crippen molar-refractivity contribution >= 4 is 33.2 Å². The normalized spacial score (nSPS) is 13.4. The van der Waals surface area contributed by atoms with Gasteiger partial charge in [-0.2, -0.15) is 0 Å².